The van der Waals surface area contributed by atoms with E-state index in [1.807, 2.05) is 25.1 Å². The van der Waals surface area contributed by atoms with Crippen LogP contribution in [0.3, 0.4) is 0 Å². The van der Waals surface area contributed by atoms with E-state index in [2.05, 4.69) is 10.2 Å². The van der Waals surface area contributed by atoms with Crippen molar-refractivity contribution in [2.24, 2.45) is 0 Å². The number of nitrogen functional groups attached to an aromatic ring is 1. The fourth-order valence-electron chi connectivity index (χ4n) is 4.22. The van der Waals surface area contributed by atoms with Crippen LogP contribution in [0.1, 0.15) is 53.7 Å². The first-order chi connectivity index (χ1) is 15.7. The Balaban J connectivity index is 1.65. The van der Waals surface area contributed by atoms with Crippen LogP contribution >= 0.6 is 0 Å². The summed E-state index contributed by atoms with van der Waals surface area (Å²) >= 11 is 0. The molecule has 3 atom stereocenters. The first kappa shape index (κ1) is 23.1. The van der Waals surface area contributed by atoms with Crippen molar-refractivity contribution >= 4 is 15.7 Å². The van der Waals surface area contributed by atoms with Gasteiger partial charge in [-0.25, -0.2) is 22.7 Å². The third-order valence-corrected chi connectivity index (χ3v) is 8.35. The van der Waals surface area contributed by atoms with Gasteiger partial charge < -0.3 is 14.9 Å². The third-order valence-electron chi connectivity index (χ3n) is 5.98. The van der Waals surface area contributed by atoms with E-state index in [4.69, 9.17) is 14.9 Å². The Morgan fingerprint density at radius 1 is 1.30 bits per heavy atom. The van der Waals surface area contributed by atoms with Crippen molar-refractivity contribution in [2.45, 2.75) is 43.7 Å². The zero-order valence-corrected chi connectivity index (χ0v) is 19.0. The smallest absolute Gasteiger partial charge is 0.398 e. The monoisotopic (exact) mass is 476 g/mol. The Labute approximate surface area is 190 Å². The molecule has 2 aromatic carbocycles. The van der Waals surface area contributed by atoms with Gasteiger partial charge in [0.05, 0.1) is 0 Å². The number of methoxy groups -OCH3 is 1. The lowest BCUT2D eigenvalue weighted by molar-refractivity contribution is 0.107. The van der Waals surface area contributed by atoms with E-state index in [0.717, 1.165) is 5.56 Å². The van der Waals surface area contributed by atoms with Crippen LogP contribution in [0.15, 0.2) is 51.7 Å². The summed E-state index contributed by atoms with van der Waals surface area (Å²) in [6, 6.07) is 11.3. The average Bonchev–Trinajstić information content (AvgIpc) is 3.21. The molecular weight excluding hydrogens is 451 g/mol. The largest absolute Gasteiger partial charge is 0.434 e. The van der Waals surface area contributed by atoms with Crippen LogP contribution in [0.4, 0.5) is 10.1 Å². The van der Waals surface area contributed by atoms with Crippen LogP contribution in [0.5, 0.6) is 0 Å². The predicted octanol–water partition coefficient (Wildman–Crippen LogP) is 2.88. The Hall–Kier alpha value is -3.02. The zero-order chi connectivity index (χ0) is 23.8. The number of nitrogens with two attached hydrogens (primary N) is 1. The Morgan fingerprint density at radius 2 is 2.03 bits per heavy atom. The summed E-state index contributed by atoms with van der Waals surface area (Å²) in [5.74, 6) is -1.63. The van der Waals surface area contributed by atoms with E-state index >= 15 is 4.39 Å². The topological polar surface area (TPSA) is 132 Å². The van der Waals surface area contributed by atoms with Crippen molar-refractivity contribution in [1.82, 2.24) is 14.5 Å². The number of aromatic nitrogens is 2. The molecule has 1 aliphatic rings. The van der Waals surface area contributed by atoms with E-state index in [-0.39, 0.29) is 29.7 Å². The highest BCUT2D eigenvalue weighted by Gasteiger charge is 2.40. The first-order valence-electron chi connectivity index (χ1n) is 10.4. The molecule has 0 amide bonds. The van der Waals surface area contributed by atoms with Gasteiger partial charge in [-0.15, -0.1) is 5.10 Å². The van der Waals surface area contributed by atoms with Crippen LogP contribution in [-0.4, -0.2) is 36.1 Å². The molecule has 3 aromatic rings. The number of hydrogen-bond donors (Lipinski definition) is 2. The molecule has 33 heavy (non-hydrogen) atoms. The minimum Gasteiger partial charge on any atom is -0.398 e. The number of hydrogen-bond acceptors (Lipinski definition) is 7. The van der Waals surface area contributed by atoms with Crippen LogP contribution < -0.4 is 11.5 Å². The van der Waals surface area contributed by atoms with E-state index in [1.165, 1.54) is 23.5 Å². The third kappa shape index (κ3) is 4.43. The molecule has 0 saturated carbocycles. The molecule has 4 rings (SSSR count). The van der Waals surface area contributed by atoms with Gasteiger partial charge in [0.1, 0.15) is 11.1 Å². The maximum Gasteiger partial charge on any atom is 0.434 e. The molecular formula is C22H25FN4O5S. The Bertz CT molecular complexity index is 1290. The molecule has 1 aromatic heterocycles. The van der Waals surface area contributed by atoms with E-state index in [1.54, 1.807) is 12.1 Å². The van der Waals surface area contributed by atoms with Crippen LogP contribution in [-0.2, 0) is 21.3 Å². The van der Waals surface area contributed by atoms with E-state index < -0.39 is 33.0 Å². The fraction of sp³-hybridized carbons (Fsp3) is 0.364. The second-order valence-corrected chi connectivity index (χ2v) is 10.1. The maximum absolute atomic E-state index is 15.1. The lowest BCUT2D eigenvalue weighted by Gasteiger charge is -2.37. The maximum atomic E-state index is 15.1. The van der Waals surface area contributed by atoms with Crippen LogP contribution in [0.25, 0.3) is 0 Å². The Kier molecular flexibility index (Phi) is 6.37. The summed E-state index contributed by atoms with van der Waals surface area (Å²) in [4.78, 5) is 11.3. The van der Waals surface area contributed by atoms with Crippen LogP contribution in [0.2, 0.25) is 0 Å². The van der Waals surface area contributed by atoms with Crippen LogP contribution in [0, 0.1) is 5.82 Å². The SMILES string of the molecule is CO[C@@H](c1n[nH]c(=O)o1)c1cc(N)c(CN2[C@@H](C)CC[C@H](c3ccccc3)S2(=O)=O)cc1F. The van der Waals surface area contributed by atoms with Gasteiger partial charge in [-0.05, 0) is 43.0 Å². The quantitative estimate of drug-likeness (QED) is 0.523. The molecule has 0 unspecified atom stereocenters. The van der Waals surface area contributed by atoms with Gasteiger partial charge in [0, 0.05) is 30.9 Å². The predicted molar refractivity (Wildman–Crippen MR) is 119 cm³/mol. The standard InChI is InChI=1S/C22H25FN4O5S/c1-13-8-9-19(14-6-4-3-5-7-14)33(29,30)27(13)12-15-10-17(23)16(11-18(15)24)20(31-2)21-25-26-22(28)32-21/h3-7,10-11,13,19-20H,8-9,12,24H2,1-2H3,(H,26,28)/t13-,19+,20+/m0/s1. The molecule has 1 aliphatic heterocycles. The molecule has 1 fully saturated rings. The highest BCUT2D eigenvalue weighted by molar-refractivity contribution is 7.89. The number of sulfonamides is 1. The van der Waals surface area contributed by atoms with E-state index in [0.29, 0.717) is 18.4 Å². The molecule has 9 nitrogen and oxygen atoms in total. The molecule has 2 heterocycles. The summed E-state index contributed by atoms with van der Waals surface area (Å²) in [5.41, 5.74) is 7.47. The molecule has 0 aliphatic carbocycles. The number of nitrogens with zero attached hydrogens (tertiary/aromatic N) is 2. The van der Waals surface area contributed by atoms with Gasteiger partial charge in [0.15, 0.2) is 6.10 Å². The van der Waals surface area contributed by atoms with Crippen molar-refractivity contribution in [2.75, 3.05) is 12.8 Å². The number of anilines is 1. The highest BCUT2D eigenvalue weighted by Crippen LogP contribution is 2.39. The minimum absolute atomic E-state index is 0.0192. The number of H-pyrrole nitrogens is 1. The van der Waals surface area contributed by atoms with Gasteiger partial charge in [0.25, 0.3) is 5.89 Å². The summed E-state index contributed by atoms with van der Waals surface area (Å²) in [5, 5.41) is 5.13. The van der Waals surface area contributed by atoms with Gasteiger partial charge in [-0.3, -0.25) is 0 Å². The highest BCUT2D eigenvalue weighted by atomic mass is 32.2. The van der Waals surface area contributed by atoms with Gasteiger partial charge in [-0.2, -0.15) is 4.31 Å². The molecule has 0 radical (unpaired) electrons. The second kappa shape index (κ2) is 9.08. The normalized spacial score (nSPS) is 21.7. The van der Waals surface area contributed by atoms with Gasteiger partial charge >= 0.3 is 5.76 Å². The number of benzene rings is 2. The van der Waals surface area contributed by atoms with Crippen molar-refractivity contribution in [3.63, 3.8) is 0 Å². The molecule has 0 bridgehead atoms. The van der Waals surface area contributed by atoms with Crippen molar-refractivity contribution in [1.29, 1.82) is 0 Å². The lowest BCUT2D eigenvalue weighted by Crippen LogP contribution is -2.44. The Morgan fingerprint density at radius 3 is 2.67 bits per heavy atom. The average molecular weight is 477 g/mol. The minimum atomic E-state index is -3.70. The number of aromatic amines is 1. The molecule has 1 saturated heterocycles. The summed E-state index contributed by atoms with van der Waals surface area (Å²) in [7, 11) is -2.38. The van der Waals surface area contributed by atoms with Crippen molar-refractivity contribution in [3.05, 3.63) is 81.4 Å². The number of rotatable bonds is 6. The summed E-state index contributed by atoms with van der Waals surface area (Å²) in [6.07, 6.45) is 0.0841. The molecule has 0 spiro atoms. The molecule has 11 heteroatoms. The van der Waals surface area contributed by atoms with Gasteiger partial charge in [0.2, 0.25) is 10.0 Å². The molecule has 176 valence electrons. The summed E-state index contributed by atoms with van der Waals surface area (Å²) < 4.78 is 53.5. The summed E-state index contributed by atoms with van der Waals surface area (Å²) in [6.45, 7) is 1.77. The second-order valence-electron chi connectivity index (χ2n) is 8.06. The molecule has 3 N–H and O–H groups in total. The number of nitrogens with one attached hydrogen (secondary N) is 1. The fourth-order valence-corrected chi connectivity index (χ4v) is 6.41. The van der Waals surface area contributed by atoms with Gasteiger partial charge in [-0.1, -0.05) is 30.3 Å². The first-order valence-corrected chi connectivity index (χ1v) is 11.9. The zero-order valence-electron chi connectivity index (χ0n) is 18.2. The lowest BCUT2D eigenvalue weighted by atomic mass is 10.0. The van der Waals surface area contributed by atoms with Crippen molar-refractivity contribution < 1.29 is 22.0 Å². The van der Waals surface area contributed by atoms with Crippen molar-refractivity contribution in [3.8, 4) is 0 Å². The number of halogens is 1. The van der Waals surface area contributed by atoms with E-state index in [9.17, 15) is 13.2 Å². The number of ether oxygens (including phenoxy) is 1.